The zero-order valence-corrected chi connectivity index (χ0v) is 11.8. The maximum atomic E-state index is 11.5. The third kappa shape index (κ3) is 5.31. The third-order valence-corrected chi connectivity index (χ3v) is 3.23. The second-order valence-corrected chi connectivity index (χ2v) is 4.62. The Morgan fingerprint density at radius 3 is 2.67 bits per heavy atom. The number of hydrogen-bond acceptors (Lipinski definition) is 3. The van der Waals surface area contributed by atoms with Gasteiger partial charge in [-0.1, -0.05) is 34.1 Å². The number of hydrogen-bond donors (Lipinski definition) is 1. The normalized spacial score (nSPS) is 9.89. The van der Waals surface area contributed by atoms with Crippen LogP contribution in [-0.2, 0) is 20.7 Å². The molecule has 0 heterocycles. The summed E-state index contributed by atoms with van der Waals surface area (Å²) in [6.45, 7) is 0.321. The number of benzene rings is 1. The summed E-state index contributed by atoms with van der Waals surface area (Å²) in [4.78, 5) is 22.4. The molecule has 0 bridgehead atoms. The van der Waals surface area contributed by atoms with Crippen molar-refractivity contribution in [3.8, 4) is 0 Å². The van der Waals surface area contributed by atoms with Crippen LogP contribution < -0.4 is 5.32 Å². The highest BCUT2D eigenvalue weighted by Gasteiger charge is 2.05. The molecule has 0 aliphatic rings. The van der Waals surface area contributed by atoms with Gasteiger partial charge in [0.05, 0.1) is 13.5 Å². The van der Waals surface area contributed by atoms with Crippen molar-refractivity contribution in [3.63, 3.8) is 0 Å². The van der Waals surface area contributed by atoms with Crippen LogP contribution in [0.3, 0.4) is 0 Å². The summed E-state index contributed by atoms with van der Waals surface area (Å²) in [6.07, 6.45) is 1.28. The summed E-state index contributed by atoms with van der Waals surface area (Å²) in [5.74, 6) is -0.379. The fourth-order valence-electron chi connectivity index (χ4n) is 1.44. The number of esters is 1. The molecule has 0 aromatic heterocycles. The number of aryl methyl sites for hydroxylation is 1. The van der Waals surface area contributed by atoms with Crippen LogP contribution in [0.4, 0.5) is 0 Å². The number of rotatable bonds is 6. The van der Waals surface area contributed by atoms with E-state index in [2.05, 4.69) is 26.0 Å². The van der Waals surface area contributed by atoms with Gasteiger partial charge in [-0.2, -0.15) is 0 Å². The lowest BCUT2D eigenvalue weighted by Gasteiger charge is -2.05. The van der Waals surface area contributed by atoms with Crippen LogP contribution in [0.5, 0.6) is 0 Å². The zero-order chi connectivity index (χ0) is 13.4. The van der Waals surface area contributed by atoms with E-state index in [-0.39, 0.29) is 18.3 Å². The quantitative estimate of drug-likeness (QED) is 0.818. The summed E-state index contributed by atoms with van der Waals surface area (Å²) < 4.78 is 5.49. The maximum absolute atomic E-state index is 11.5. The molecule has 5 heteroatoms. The molecule has 0 spiro atoms. The van der Waals surface area contributed by atoms with Crippen LogP contribution in [0, 0.1) is 0 Å². The van der Waals surface area contributed by atoms with E-state index in [0.717, 1.165) is 10.0 Å². The van der Waals surface area contributed by atoms with Crippen molar-refractivity contribution in [1.29, 1.82) is 0 Å². The Morgan fingerprint density at radius 1 is 1.28 bits per heavy atom. The predicted molar refractivity (Wildman–Crippen MR) is 72.1 cm³/mol. The first-order valence-electron chi connectivity index (χ1n) is 5.70. The average Bonchev–Trinajstić information content (AvgIpc) is 2.37. The van der Waals surface area contributed by atoms with E-state index >= 15 is 0 Å². The molecule has 1 amide bonds. The maximum Gasteiger partial charge on any atom is 0.307 e. The van der Waals surface area contributed by atoms with Crippen molar-refractivity contribution in [1.82, 2.24) is 5.32 Å². The van der Waals surface area contributed by atoms with Gasteiger partial charge >= 0.3 is 5.97 Å². The molecule has 1 aromatic rings. The standard InChI is InChI=1S/C13H16BrNO3/c1-18-13(17)8-9-15-12(16)7-6-10-4-2-3-5-11(10)14/h2-5H,6-9H2,1H3,(H,15,16). The first-order chi connectivity index (χ1) is 8.63. The van der Waals surface area contributed by atoms with E-state index in [1.807, 2.05) is 24.3 Å². The summed E-state index contributed by atoms with van der Waals surface area (Å²) in [5.41, 5.74) is 1.10. The van der Waals surface area contributed by atoms with Gasteiger partial charge < -0.3 is 10.1 Å². The molecule has 0 fully saturated rings. The summed E-state index contributed by atoms with van der Waals surface area (Å²) >= 11 is 3.43. The molecule has 0 aliphatic carbocycles. The molecule has 18 heavy (non-hydrogen) atoms. The van der Waals surface area contributed by atoms with E-state index in [1.54, 1.807) is 0 Å². The molecule has 1 rings (SSSR count). The van der Waals surface area contributed by atoms with Crippen LogP contribution in [-0.4, -0.2) is 25.5 Å². The topological polar surface area (TPSA) is 55.4 Å². The number of amides is 1. The average molecular weight is 314 g/mol. The van der Waals surface area contributed by atoms with Crippen molar-refractivity contribution in [2.45, 2.75) is 19.3 Å². The van der Waals surface area contributed by atoms with E-state index in [0.29, 0.717) is 19.4 Å². The molecule has 0 radical (unpaired) electrons. The molecule has 0 atom stereocenters. The Kier molecular flexibility index (Phi) is 6.43. The molecular weight excluding hydrogens is 298 g/mol. The number of halogens is 1. The van der Waals surface area contributed by atoms with Crippen molar-refractivity contribution in [3.05, 3.63) is 34.3 Å². The fraction of sp³-hybridized carbons (Fsp3) is 0.385. The lowest BCUT2D eigenvalue weighted by molar-refractivity contribution is -0.140. The van der Waals surface area contributed by atoms with Gasteiger partial charge in [-0.05, 0) is 18.1 Å². The van der Waals surface area contributed by atoms with Crippen molar-refractivity contribution < 1.29 is 14.3 Å². The van der Waals surface area contributed by atoms with E-state index in [9.17, 15) is 9.59 Å². The molecule has 1 aromatic carbocycles. The van der Waals surface area contributed by atoms with Crippen LogP contribution in [0.15, 0.2) is 28.7 Å². The van der Waals surface area contributed by atoms with Gasteiger partial charge in [-0.25, -0.2) is 0 Å². The second-order valence-electron chi connectivity index (χ2n) is 3.77. The minimum absolute atomic E-state index is 0.0605. The highest BCUT2D eigenvalue weighted by molar-refractivity contribution is 9.10. The zero-order valence-electron chi connectivity index (χ0n) is 10.2. The number of carbonyl (C=O) groups is 2. The summed E-state index contributed by atoms with van der Waals surface area (Å²) in [5, 5.41) is 2.68. The van der Waals surface area contributed by atoms with Crippen LogP contribution in [0.25, 0.3) is 0 Å². The Hall–Kier alpha value is -1.36. The van der Waals surface area contributed by atoms with Gasteiger partial charge in [0, 0.05) is 17.4 Å². The first kappa shape index (κ1) is 14.7. The molecule has 0 aliphatic heterocycles. The summed E-state index contributed by atoms with van der Waals surface area (Å²) in [7, 11) is 1.33. The van der Waals surface area contributed by atoms with Crippen LogP contribution in [0.1, 0.15) is 18.4 Å². The van der Waals surface area contributed by atoms with Crippen LogP contribution >= 0.6 is 15.9 Å². The highest BCUT2D eigenvalue weighted by Crippen LogP contribution is 2.17. The monoisotopic (exact) mass is 313 g/mol. The summed E-state index contributed by atoms with van der Waals surface area (Å²) in [6, 6.07) is 7.80. The predicted octanol–water partition coefficient (Wildman–Crippen LogP) is 2.06. The van der Waals surface area contributed by atoms with Gasteiger partial charge in [0.2, 0.25) is 5.91 Å². The van der Waals surface area contributed by atoms with E-state index < -0.39 is 0 Å². The van der Waals surface area contributed by atoms with Gasteiger partial charge in [-0.3, -0.25) is 9.59 Å². The van der Waals surface area contributed by atoms with E-state index in [1.165, 1.54) is 7.11 Å². The number of carbonyl (C=O) groups excluding carboxylic acids is 2. The number of nitrogens with one attached hydrogen (secondary N) is 1. The molecule has 1 N–H and O–H groups in total. The largest absolute Gasteiger partial charge is 0.469 e. The number of ether oxygens (including phenoxy) is 1. The Labute approximate surface area is 115 Å². The molecule has 4 nitrogen and oxygen atoms in total. The third-order valence-electron chi connectivity index (χ3n) is 2.46. The molecule has 98 valence electrons. The lowest BCUT2D eigenvalue weighted by Crippen LogP contribution is -2.26. The molecule has 0 saturated heterocycles. The van der Waals surface area contributed by atoms with Gasteiger partial charge in [0.15, 0.2) is 0 Å². The van der Waals surface area contributed by atoms with Gasteiger partial charge in [0.1, 0.15) is 0 Å². The minimum atomic E-state index is -0.318. The second kappa shape index (κ2) is 7.87. The Balaban J connectivity index is 2.25. The van der Waals surface area contributed by atoms with Crippen molar-refractivity contribution >= 4 is 27.8 Å². The van der Waals surface area contributed by atoms with Gasteiger partial charge in [0.25, 0.3) is 0 Å². The van der Waals surface area contributed by atoms with Crippen molar-refractivity contribution in [2.75, 3.05) is 13.7 Å². The fourth-order valence-corrected chi connectivity index (χ4v) is 1.93. The Morgan fingerprint density at radius 2 is 2.00 bits per heavy atom. The lowest BCUT2D eigenvalue weighted by atomic mass is 10.1. The first-order valence-corrected chi connectivity index (χ1v) is 6.49. The number of methoxy groups -OCH3 is 1. The molecule has 0 unspecified atom stereocenters. The van der Waals surface area contributed by atoms with Gasteiger partial charge in [-0.15, -0.1) is 0 Å². The van der Waals surface area contributed by atoms with E-state index in [4.69, 9.17) is 0 Å². The molecule has 0 saturated carbocycles. The molecular formula is C13H16BrNO3. The minimum Gasteiger partial charge on any atom is -0.469 e. The Bertz CT molecular complexity index is 420. The smallest absolute Gasteiger partial charge is 0.307 e. The van der Waals surface area contributed by atoms with Crippen LogP contribution in [0.2, 0.25) is 0 Å². The highest BCUT2D eigenvalue weighted by atomic mass is 79.9. The SMILES string of the molecule is COC(=O)CCNC(=O)CCc1ccccc1Br. The van der Waals surface area contributed by atoms with Crippen molar-refractivity contribution in [2.24, 2.45) is 0 Å².